The molecule has 0 radical (unpaired) electrons. The largest absolute Gasteiger partial charge is 0.370 e. The fourth-order valence-electron chi connectivity index (χ4n) is 1.30. The summed E-state index contributed by atoms with van der Waals surface area (Å²) in [7, 11) is 0. The Morgan fingerprint density at radius 2 is 2.50 bits per heavy atom. The first-order chi connectivity index (χ1) is 7.72. The van der Waals surface area contributed by atoms with Crippen molar-refractivity contribution in [1.29, 1.82) is 0 Å². The first-order valence-electron chi connectivity index (χ1n) is 5.27. The minimum atomic E-state index is -0.131. The van der Waals surface area contributed by atoms with E-state index in [4.69, 9.17) is 10.5 Å². The summed E-state index contributed by atoms with van der Waals surface area (Å²) in [6.45, 7) is 3.45. The average molecular weight is 226 g/mol. The lowest BCUT2D eigenvalue weighted by Gasteiger charge is -2.13. The van der Waals surface area contributed by atoms with Crippen LogP contribution in [0.2, 0.25) is 0 Å². The summed E-state index contributed by atoms with van der Waals surface area (Å²) in [5.74, 6) is -0.131. The molecule has 0 aliphatic heterocycles. The zero-order valence-corrected chi connectivity index (χ0v) is 9.43. The van der Waals surface area contributed by atoms with Crippen molar-refractivity contribution in [3.8, 4) is 0 Å². The van der Waals surface area contributed by atoms with Gasteiger partial charge in [-0.2, -0.15) is 5.10 Å². The highest BCUT2D eigenvalue weighted by Gasteiger charge is 2.07. The number of nitrogens with two attached hydrogens (primary N) is 1. The first kappa shape index (κ1) is 12.7. The second-order valence-electron chi connectivity index (χ2n) is 3.54. The van der Waals surface area contributed by atoms with Gasteiger partial charge in [-0.05, 0) is 13.0 Å². The summed E-state index contributed by atoms with van der Waals surface area (Å²) in [5.41, 5.74) is 5.24. The Hall–Kier alpha value is -1.40. The number of rotatable bonds is 7. The van der Waals surface area contributed by atoms with Gasteiger partial charge in [0.1, 0.15) is 6.61 Å². The Kier molecular flexibility index (Phi) is 5.52. The Bertz CT molecular complexity index is 300. The SMILES string of the molecule is CC(Cn1cccn1)NC(=O)COCCN. The molecular weight excluding hydrogens is 208 g/mol. The quantitative estimate of drug-likeness (QED) is 0.606. The zero-order chi connectivity index (χ0) is 11.8. The molecule has 90 valence electrons. The number of aromatic nitrogens is 2. The van der Waals surface area contributed by atoms with Gasteiger partial charge in [-0.1, -0.05) is 0 Å². The van der Waals surface area contributed by atoms with E-state index in [2.05, 4.69) is 10.4 Å². The molecule has 1 rings (SSSR count). The van der Waals surface area contributed by atoms with Gasteiger partial charge in [-0.25, -0.2) is 0 Å². The maximum absolute atomic E-state index is 11.4. The molecule has 6 heteroatoms. The fraction of sp³-hybridized carbons (Fsp3) is 0.600. The molecule has 0 aromatic carbocycles. The molecule has 16 heavy (non-hydrogen) atoms. The summed E-state index contributed by atoms with van der Waals surface area (Å²) >= 11 is 0. The van der Waals surface area contributed by atoms with Gasteiger partial charge in [0.2, 0.25) is 5.91 Å². The van der Waals surface area contributed by atoms with Crippen LogP contribution >= 0.6 is 0 Å². The molecule has 1 unspecified atom stereocenters. The van der Waals surface area contributed by atoms with Crippen molar-refractivity contribution in [2.75, 3.05) is 19.8 Å². The highest BCUT2D eigenvalue weighted by Crippen LogP contribution is 1.90. The number of amides is 1. The molecule has 1 aromatic heterocycles. The van der Waals surface area contributed by atoms with Gasteiger partial charge in [0.05, 0.1) is 13.2 Å². The van der Waals surface area contributed by atoms with Crippen LogP contribution in [0.1, 0.15) is 6.92 Å². The highest BCUT2D eigenvalue weighted by molar-refractivity contribution is 5.77. The Morgan fingerprint density at radius 3 is 3.12 bits per heavy atom. The molecule has 0 aliphatic rings. The molecule has 1 atom stereocenters. The van der Waals surface area contributed by atoms with E-state index in [1.54, 1.807) is 10.9 Å². The third-order valence-electron chi connectivity index (χ3n) is 1.92. The predicted octanol–water partition coefficient (Wildman–Crippen LogP) is -0.637. The summed E-state index contributed by atoms with van der Waals surface area (Å²) < 4.78 is 6.79. The van der Waals surface area contributed by atoms with Crippen LogP contribution in [0.4, 0.5) is 0 Å². The van der Waals surface area contributed by atoms with Gasteiger partial charge in [0.25, 0.3) is 0 Å². The highest BCUT2D eigenvalue weighted by atomic mass is 16.5. The van der Waals surface area contributed by atoms with Crippen LogP contribution in [0.5, 0.6) is 0 Å². The van der Waals surface area contributed by atoms with Crippen molar-refractivity contribution >= 4 is 5.91 Å². The normalized spacial score (nSPS) is 12.4. The number of hydrogen-bond acceptors (Lipinski definition) is 4. The molecule has 0 bridgehead atoms. The van der Waals surface area contributed by atoms with Gasteiger partial charge in [0, 0.05) is 25.0 Å². The third-order valence-corrected chi connectivity index (χ3v) is 1.92. The Morgan fingerprint density at radius 1 is 1.69 bits per heavy atom. The number of carbonyl (C=O) groups is 1. The molecule has 0 aliphatic carbocycles. The van der Waals surface area contributed by atoms with E-state index in [0.29, 0.717) is 19.7 Å². The molecule has 6 nitrogen and oxygen atoms in total. The second kappa shape index (κ2) is 6.97. The van der Waals surface area contributed by atoms with Crippen molar-refractivity contribution < 1.29 is 9.53 Å². The van der Waals surface area contributed by atoms with E-state index in [1.165, 1.54) is 0 Å². The second-order valence-corrected chi connectivity index (χ2v) is 3.54. The van der Waals surface area contributed by atoms with Crippen LogP contribution in [0, 0.1) is 0 Å². The number of nitrogens with one attached hydrogen (secondary N) is 1. The Balaban J connectivity index is 2.18. The van der Waals surface area contributed by atoms with E-state index in [9.17, 15) is 4.79 Å². The lowest BCUT2D eigenvalue weighted by atomic mass is 10.3. The number of ether oxygens (including phenoxy) is 1. The van der Waals surface area contributed by atoms with Gasteiger partial charge >= 0.3 is 0 Å². The van der Waals surface area contributed by atoms with E-state index < -0.39 is 0 Å². The van der Waals surface area contributed by atoms with Crippen LogP contribution < -0.4 is 11.1 Å². The van der Waals surface area contributed by atoms with Crippen molar-refractivity contribution in [1.82, 2.24) is 15.1 Å². The summed E-state index contributed by atoms with van der Waals surface area (Å²) in [6, 6.07) is 1.87. The van der Waals surface area contributed by atoms with Crippen molar-refractivity contribution in [2.45, 2.75) is 19.5 Å². The van der Waals surface area contributed by atoms with Gasteiger partial charge in [-0.15, -0.1) is 0 Å². The number of carbonyl (C=O) groups excluding carboxylic acids is 1. The summed E-state index contributed by atoms with van der Waals surface area (Å²) in [6.07, 6.45) is 3.56. The first-order valence-corrected chi connectivity index (χ1v) is 5.27. The third kappa shape index (κ3) is 4.90. The Labute approximate surface area is 94.8 Å². The van der Waals surface area contributed by atoms with Crippen molar-refractivity contribution in [3.63, 3.8) is 0 Å². The maximum Gasteiger partial charge on any atom is 0.246 e. The summed E-state index contributed by atoms with van der Waals surface area (Å²) in [5, 5.41) is 6.87. The van der Waals surface area contributed by atoms with Gasteiger partial charge in [0.15, 0.2) is 0 Å². The minimum absolute atomic E-state index is 0.0221. The molecule has 3 N–H and O–H groups in total. The molecule has 1 heterocycles. The van der Waals surface area contributed by atoms with Crippen molar-refractivity contribution in [3.05, 3.63) is 18.5 Å². The van der Waals surface area contributed by atoms with Crippen LogP contribution in [-0.4, -0.2) is 41.5 Å². The molecule has 1 aromatic rings. The van der Waals surface area contributed by atoms with Crippen molar-refractivity contribution in [2.24, 2.45) is 5.73 Å². The van der Waals surface area contributed by atoms with E-state index in [0.717, 1.165) is 0 Å². The molecule has 0 spiro atoms. The zero-order valence-electron chi connectivity index (χ0n) is 9.43. The lowest BCUT2D eigenvalue weighted by Crippen LogP contribution is -2.38. The van der Waals surface area contributed by atoms with Gasteiger partial charge < -0.3 is 15.8 Å². The molecular formula is C10H18N4O2. The van der Waals surface area contributed by atoms with E-state index in [-0.39, 0.29) is 18.6 Å². The minimum Gasteiger partial charge on any atom is -0.370 e. The predicted molar refractivity (Wildman–Crippen MR) is 59.7 cm³/mol. The van der Waals surface area contributed by atoms with Crippen LogP contribution in [-0.2, 0) is 16.1 Å². The van der Waals surface area contributed by atoms with Crippen LogP contribution in [0.15, 0.2) is 18.5 Å². The van der Waals surface area contributed by atoms with E-state index in [1.807, 2.05) is 19.2 Å². The number of hydrogen-bond donors (Lipinski definition) is 2. The molecule has 0 saturated carbocycles. The topological polar surface area (TPSA) is 82.2 Å². The average Bonchev–Trinajstić information content (AvgIpc) is 2.70. The van der Waals surface area contributed by atoms with Crippen LogP contribution in [0.25, 0.3) is 0 Å². The standard InChI is InChI=1S/C10H18N4O2/c1-9(7-14-5-2-4-12-14)13-10(15)8-16-6-3-11/h2,4-5,9H,3,6-8,11H2,1H3,(H,13,15). The smallest absolute Gasteiger partial charge is 0.246 e. The van der Waals surface area contributed by atoms with Gasteiger partial charge in [-0.3, -0.25) is 9.48 Å². The molecule has 0 fully saturated rings. The summed E-state index contributed by atoms with van der Waals surface area (Å²) in [4.78, 5) is 11.4. The molecule has 0 saturated heterocycles. The maximum atomic E-state index is 11.4. The number of nitrogens with zero attached hydrogens (tertiary/aromatic N) is 2. The van der Waals surface area contributed by atoms with E-state index >= 15 is 0 Å². The lowest BCUT2D eigenvalue weighted by molar-refractivity contribution is -0.126. The monoisotopic (exact) mass is 226 g/mol. The molecule has 1 amide bonds. The fourth-order valence-corrected chi connectivity index (χ4v) is 1.30. The van der Waals surface area contributed by atoms with Crippen LogP contribution in [0.3, 0.4) is 0 Å².